The second-order valence-electron chi connectivity index (χ2n) is 4.17. The van der Waals surface area contributed by atoms with E-state index < -0.39 is 22.7 Å². The summed E-state index contributed by atoms with van der Waals surface area (Å²) in [5.74, 6) is 0. The fraction of sp³-hybridized carbons (Fsp3) is 0.455. The minimum Gasteiger partial charge on any atom is -0.316 e. The maximum atomic E-state index is 12.1. The molecule has 114 valence electrons. The van der Waals surface area contributed by atoms with Crippen LogP contribution in [-0.2, 0) is 16.6 Å². The van der Waals surface area contributed by atoms with E-state index in [1.807, 2.05) is 0 Å². The van der Waals surface area contributed by atoms with E-state index in [1.165, 1.54) is 13.0 Å². The van der Waals surface area contributed by atoms with E-state index in [0.717, 1.165) is 0 Å². The average Bonchev–Trinajstić information content (AvgIpc) is 2.30. The van der Waals surface area contributed by atoms with Crippen molar-refractivity contribution in [1.82, 2.24) is 10.0 Å². The summed E-state index contributed by atoms with van der Waals surface area (Å²) in [4.78, 5) is -0.165. The zero-order valence-corrected chi connectivity index (χ0v) is 13.2. The minimum atomic E-state index is -4.60. The van der Waals surface area contributed by atoms with E-state index in [1.54, 1.807) is 17.8 Å². The number of hydrogen-bond donors (Lipinski definition) is 2. The van der Waals surface area contributed by atoms with E-state index in [4.69, 9.17) is 0 Å². The molecule has 1 aromatic rings. The van der Waals surface area contributed by atoms with Crippen LogP contribution in [-0.4, -0.2) is 28.2 Å². The molecule has 0 spiro atoms. The van der Waals surface area contributed by atoms with Gasteiger partial charge in [0.05, 0.1) is 4.90 Å². The van der Waals surface area contributed by atoms with Gasteiger partial charge in [0.25, 0.3) is 0 Å². The molecule has 0 unspecified atom stereocenters. The molecule has 0 aliphatic carbocycles. The standard InChI is InChI=1S/C11H14BrF3N2O2S/c1-7-9(12)3-8(5-16-2)4-10(7)20(18,19)17-6-11(13,14)15/h3-4,16-17H,5-6H2,1-2H3. The van der Waals surface area contributed by atoms with Gasteiger partial charge in [0, 0.05) is 11.0 Å². The monoisotopic (exact) mass is 374 g/mol. The molecule has 4 nitrogen and oxygen atoms in total. The lowest BCUT2D eigenvalue weighted by molar-refractivity contribution is -0.121. The second kappa shape index (κ2) is 6.42. The van der Waals surface area contributed by atoms with Gasteiger partial charge in [-0.05, 0) is 37.2 Å². The largest absolute Gasteiger partial charge is 0.402 e. The van der Waals surface area contributed by atoms with Crippen LogP contribution in [0, 0.1) is 6.92 Å². The third-order valence-corrected chi connectivity index (χ3v) is 4.84. The highest BCUT2D eigenvalue weighted by atomic mass is 79.9. The molecular formula is C11H14BrF3N2O2S. The van der Waals surface area contributed by atoms with Crippen molar-refractivity contribution in [3.8, 4) is 0 Å². The normalized spacial score (nSPS) is 12.7. The van der Waals surface area contributed by atoms with Crippen LogP contribution in [0.3, 0.4) is 0 Å². The van der Waals surface area contributed by atoms with Gasteiger partial charge in [0.1, 0.15) is 6.54 Å². The molecule has 1 aromatic carbocycles. The number of benzene rings is 1. The lowest BCUT2D eigenvalue weighted by Crippen LogP contribution is -2.34. The molecule has 0 saturated heterocycles. The molecule has 0 aromatic heterocycles. The third-order valence-electron chi connectivity index (χ3n) is 2.49. The summed E-state index contributed by atoms with van der Waals surface area (Å²) in [7, 11) is -2.53. The van der Waals surface area contributed by atoms with Crippen LogP contribution < -0.4 is 10.0 Å². The highest BCUT2D eigenvalue weighted by molar-refractivity contribution is 9.10. The molecule has 1 rings (SSSR count). The topological polar surface area (TPSA) is 58.2 Å². The molecule has 20 heavy (non-hydrogen) atoms. The van der Waals surface area contributed by atoms with Crippen LogP contribution in [0.4, 0.5) is 13.2 Å². The highest BCUT2D eigenvalue weighted by Crippen LogP contribution is 2.26. The number of sulfonamides is 1. The Hall–Kier alpha value is -0.640. The zero-order valence-electron chi connectivity index (χ0n) is 10.8. The molecule has 0 radical (unpaired) electrons. The van der Waals surface area contributed by atoms with Crippen molar-refractivity contribution in [3.05, 3.63) is 27.7 Å². The highest BCUT2D eigenvalue weighted by Gasteiger charge is 2.30. The van der Waals surface area contributed by atoms with Crippen LogP contribution in [0.25, 0.3) is 0 Å². The van der Waals surface area contributed by atoms with Gasteiger partial charge in [0.15, 0.2) is 0 Å². The zero-order chi connectivity index (χ0) is 15.6. The van der Waals surface area contributed by atoms with Crippen LogP contribution in [0.5, 0.6) is 0 Å². The predicted molar refractivity (Wildman–Crippen MR) is 72.9 cm³/mol. The van der Waals surface area contributed by atoms with E-state index in [2.05, 4.69) is 21.2 Å². The number of alkyl halides is 3. The van der Waals surface area contributed by atoms with Gasteiger partial charge < -0.3 is 5.32 Å². The number of rotatable bonds is 5. The number of halogens is 4. The molecule has 0 saturated carbocycles. The number of hydrogen-bond acceptors (Lipinski definition) is 3. The Morgan fingerprint density at radius 3 is 2.40 bits per heavy atom. The molecule has 2 N–H and O–H groups in total. The lowest BCUT2D eigenvalue weighted by Gasteiger charge is -2.14. The molecular weight excluding hydrogens is 361 g/mol. The third kappa shape index (κ3) is 4.72. The van der Waals surface area contributed by atoms with E-state index in [9.17, 15) is 21.6 Å². The Bertz CT molecular complexity index is 588. The van der Waals surface area contributed by atoms with E-state index >= 15 is 0 Å². The first-order valence-electron chi connectivity index (χ1n) is 5.57. The van der Waals surface area contributed by atoms with Crippen molar-refractivity contribution in [2.75, 3.05) is 13.6 Å². The quantitative estimate of drug-likeness (QED) is 0.831. The molecule has 0 atom stereocenters. The average molecular weight is 375 g/mol. The summed E-state index contributed by atoms with van der Waals surface area (Å²) in [6.45, 7) is 0.332. The van der Waals surface area contributed by atoms with Crippen molar-refractivity contribution in [1.29, 1.82) is 0 Å². The molecule has 0 amide bonds. The van der Waals surface area contributed by atoms with Crippen molar-refractivity contribution in [2.24, 2.45) is 0 Å². The maximum absolute atomic E-state index is 12.1. The van der Waals surface area contributed by atoms with Crippen molar-refractivity contribution in [2.45, 2.75) is 24.5 Å². The Morgan fingerprint density at radius 2 is 1.90 bits per heavy atom. The summed E-state index contributed by atoms with van der Waals surface area (Å²) in [5.41, 5.74) is 1.01. The van der Waals surface area contributed by atoms with Crippen LogP contribution in [0.1, 0.15) is 11.1 Å². The Kier molecular flexibility index (Phi) is 5.59. The molecule has 0 aliphatic heterocycles. The Morgan fingerprint density at radius 1 is 1.30 bits per heavy atom. The first-order chi connectivity index (χ1) is 9.07. The van der Waals surface area contributed by atoms with Crippen molar-refractivity contribution in [3.63, 3.8) is 0 Å². The first kappa shape index (κ1) is 17.4. The summed E-state index contributed by atoms with van der Waals surface area (Å²) in [6.07, 6.45) is -4.60. The first-order valence-corrected chi connectivity index (χ1v) is 7.84. The Labute approximate surface area is 123 Å². The molecule has 0 fully saturated rings. The second-order valence-corrected chi connectivity index (χ2v) is 6.76. The Balaban J connectivity index is 3.17. The fourth-order valence-corrected chi connectivity index (χ4v) is 3.51. The van der Waals surface area contributed by atoms with Crippen molar-refractivity contribution < 1.29 is 21.6 Å². The summed E-state index contributed by atoms with van der Waals surface area (Å²) in [6, 6.07) is 3.07. The summed E-state index contributed by atoms with van der Waals surface area (Å²) in [5, 5.41) is 2.85. The molecule has 0 heterocycles. The smallest absolute Gasteiger partial charge is 0.316 e. The number of nitrogens with one attached hydrogen (secondary N) is 2. The van der Waals surface area contributed by atoms with E-state index in [0.29, 0.717) is 22.1 Å². The van der Waals surface area contributed by atoms with Gasteiger partial charge in [-0.25, -0.2) is 13.1 Å². The van der Waals surface area contributed by atoms with Crippen LogP contribution in [0.2, 0.25) is 0 Å². The van der Waals surface area contributed by atoms with Crippen LogP contribution in [0.15, 0.2) is 21.5 Å². The van der Waals surface area contributed by atoms with Crippen LogP contribution >= 0.6 is 15.9 Å². The van der Waals surface area contributed by atoms with Gasteiger partial charge in [-0.1, -0.05) is 15.9 Å². The summed E-state index contributed by atoms with van der Waals surface area (Å²) < 4.78 is 62.4. The maximum Gasteiger partial charge on any atom is 0.402 e. The summed E-state index contributed by atoms with van der Waals surface area (Å²) >= 11 is 3.21. The van der Waals surface area contributed by atoms with Gasteiger partial charge >= 0.3 is 6.18 Å². The van der Waals surface area contributed by atoms with E-state index in [-0.39, 0.29) is 4.90 Å². The van der Waals surface area contributed by atoms with Crippen molar-refractivity contribution >= 4 is 26.0 Å². The predicted octanol–water partition coefficient (Wildman–Crippen LogP) is 2.32. The minimum absolute atomic E-state index is 0.165. The lowest BCUT2D eigenvalue weighted by atomic mass is 10.1. The van der Waals surface area contributed by atoms with Gasteiger partial charge in [0.2, 0.25) is 10.0 Å². The SMILES string of the molecule is CNCc1cc(Br)c(C)c(S(=O)(=O)NCC(F)(F)F)c1. The van der Waals surface area contributed by atoms with Gasteiger partial charge in [-0.3, -0.25) is 0 Å². The molecule has 9 heteroatoms. The fourth-order valence-electron chi connectivity index (χ4n) is 1.55. The van der Waals surface area contributed by atoms with Gasteiger partial charge in [-0.2, -0.15) is 13.2 Å². The van der Waals surface area contributed by atoms with Gasteiger partial charge in [-0.15, -0.1) is 0 Å². The molecule has 0 aliphatic rings. The molecule has 0 bridgehead atoms.